The maximum Gasteiger partial charge on any atom is 0.164 e. The van der Waals surface area contributed by atoms with E-state index in [0.717, 1.165) is 92.8 Å². The summed E-state index contributed by atoms with van der Waals surface area (Å²) in [6, 6.07) is 92.3. The summed E-state index contributed by atoms with van der Waals surface area (Å²) in [5, 5.41) is 1.09. The minimum atomic E-state index is -0.687. The summed E-state index contributed by atoms with van der Waals surface area (Å²) in [6.45, 7) is 0. The van der Waals surface area contributed by atoms with Gasteiger partial charge in [-0.25, -0.2) is 24.9 Å². The minimum Gasteiger partial charge on any atom is -0.226 e. The Kier molecular flexibility index (Phi) is 10.5. The molecule has 3 heterocycles. The molecule has 1 aliphatic carbocycles. The molecule has 0 bridgehead atoms. The zero-order valence-electron chi connectivity index (χ0n) is 40.0. The number of fused-ring (bicyclic) bond motifs is 6. The van der Waals surface area contributed by atoms with Gasteiger partial charge >= 0.3 is 0 Å². The molecule has 14 rings (SSSR count). The van der Waals surface area contributed by atoms with E-state index >= 15 is 0 Å². The Hall–Kier alpha value is -9.49. The van der Waals surface area contributed by atoms with Crippen molar-refractivity contribution in [2.75, 3.05) is 0 Å². The Morgan fingerprint density at radius 2 is 0.757 bits per heavy atom. The summed E-state index contributed by atoms with van der Waals surface area (Å²) in [5.41, 5.74) is 16.9. The van der Waals surface area contributed by atoms with Crippen LogP contribution in [-0.2, 0) is 5.41 Å². The molecular weight excluding hydrogens is 919 g/mol. The van der Waals surface area contributed by atoms with E-state index in [0.29, 0.717) is 23.3 Å². The van der Waals surface area contributed by atoms with Crippen molar-refractivity contribution < 1.29 is 0 Å². The van der Waals surface area contributed by atoms with Crippen LogP contribution in [0, 0.1) is 0 Å². The van der Waals surface area contributed by atoms with Crippen molar-refractivity contribution in [3.63, 3.8) is 0 Å². The number of hydrogen-bond acceptors (Lipinski definition) is 6. The molecule has 0 unspecified atom stereocenters. The minimum absolute atomic E-state index is 0.527. The van der Waals surface area contributed by atoms with Gasteiger partial charge in [-0.2, -0.15) is 0 Å². The monoisotopic (exact) mass is 961 g/mol. The second kappa shape index (κ2) is 18.0. The molecule has 3 aromatic heterocycles. The van der Waals surface area contributed by atoms with Crippen LogP contribution in [0.5, 0.6) is 0 Å². The van der Waals surface area contributed by atoms with Gasteiger partial charge in [0.15, 0.2) is 23.3 Å². The first-order valence-electron chi connectivity index (χ1n) is 24.9. The van der Waals surface area contributed by atoms with Crippen LogP contribution in [0.4, 0.5) is 0 Å². The first kappa shape index (κ1) is 43.3. The Morgan fingerprint density at radius 3 is 1.43 bits per heavy atom. The van der Waals surface area contributed by atoms with Crippen molar-refractivity contribution in [2.45, 2.75) is 5.41 Å². The molecule has 0 spiro atoms. The SMILES string of the molecule is c1ccc(-c2ccc(-c3nc(-c4ccccc4)nc(-c4cc5c(cc4-c4nc(-c6cccc(-c7ccccc7)c6)c6sc7ccccc7c6n4)C(c4ccccc4)(c4ccccc4)c4ccccc4-5)n3)cc2)cc1. The average Bonchev–Trinajstić information content (AvgIpc) is 4.01. The largest absolute Gasteiger partial charge is 0.226 e. The molecule has 0 radical (unpaired) electrons. The highest BCUT2D eigenvalue weighted by Gasteiger charge is 2.47. The van der Waals surface area contributed by atoms with Crippen LogP contribution in [-0.4, -0.2) is 24.9 Å². The number of rotatable bonds is 9. The molecule has 74 heavy (non-hydrogen) atoms. The predicted molar refractivity (Wildman–Crippen MR) is 304 cm³/mol. The standard InChI is InChI=1S/C68H43N5S/c1-6-21-44(22-7-1)46-37-39-48(40-38-46)65-71-64(47-25-10-3-11-26-47)72-67(73-65)56-42-55-53-33-16-18-35-58(53)68(51-29-12-4-13-30-51,52-31-14-5-15-32-52)59(55)43-57(56)66-69-61(63-62(70-66)54-34-17-19-36-60(54)74-63)50-28-20-27-49(41-50)45-23-8-2-9-24-45/h1-43H. The molecule has 0 atom stereocenters. The van der Waals surface area contributed by atoms with Crippen molar-refractivity contribution >= 4 is 31.6 Å². The number of hydrogen-bond donors (Lipinski definition) is 0. The third-order valence-corrected chi connectivity index (χ3v) is 15.6. The first-order valence-corrected chi connectivity index (χ1v) is 25.7. The highest BCUT2D eigenvalue weighted by atomic mass is 32.1. The van der Waals surface area contributed by atoms with E-state index in [1.807, 2.05) is 24.3 Å². The second-order valence-corrected chi connectivity index (χ2v) is 19.8. The van der Waals surface area contributed by atoms with Crippen molar-refractivity contribution in [2.24, 2.45) is 0 Å². The quantitative estimate of drug-likeness (QED) is 0.144. The molecule has 0 fully saturated rings. The lowest BCUT2D eigenvalue weighted by atomic mass is 9.67. The van der Waals surface area contributed by atoms with Crippen molar-refractivity contribution in [3.05, 3.63) is 283 Å². The lowest BCUT2D eigenvalue weighted by Gasteiger charge is -2.34. The Morgan fingerprint density at radius 1 is 0.284 bits per heavy atom. The molecule has 0 amide bonds. The maximum atomic E-state index is 5.75. The molecule has 10 aromatic carbocycles. The van der Waals surface area contributed by atoms with Gasteiger partial charge in [-0.3, -0.25) is 0 Å². The summed E-state index contributed by atoms with van der Waals surface area (Å²) >= 11 is 1.74. The maximum absolute atomic E-state index is 5.75. The van der Waals surface area contributed by atoms with Crippen molar-refractivity contribution in [1.29, 1.82) is 0 Å². The van der Waals surface area contributed by atoms with Gasteiger partial charge in [0.2, 0.25) is 0 Å². The summed E-state index contributed by atoms with van der Waals surface area (Å²) in [5.74, 6) is 2.26. The summed E-state index contributed by atoms with van der Waals surface area (Å²) in [4.78, 5) is 27.6. The lowest BCUT2D eigenvalue weighted by Crippen LogP contribution is -2.28. The van der Waals surface area contributed by atoms with E-state index in [1.165, 1.54) is 16.7 Å². The van der Waals surface area contributed by atoms with Crippen LogP contribution in [0.2, 0.25) is 0 Å². The Bertz CT molecular complexity index is 4180. The number of aromatic nitrogens is 5. The fraction of sp³-hybridized carbons (Fsp3) is 0.0147. The van der Waals surface area contributed by atoms with Gasteiger partial charge in [-0.1, -0.05) is 237 Å². The van der Waals surface area contributed by atoms with Crippen LogP contribution >= 0.6 is 11.3 Å². The molecule has 0 saturated carbocycles. The van der Waals surface area contributed by atoms with Crippen molar-refractivity contribution in [1.82, 2.24) is 24.9 Å². The summed E-state index contributed by atoms with van der Waals surface area (Å²) < 4.78 is 2.19. The zero-order valence-corrected chi connectivity index (χ0v) is 40.8. The van der Waals surface area contributed by atoms with E-state index in [4.69, 9.17) is 24.9 Å². The zero-order chi connectivity index (χ0) is 49.0. The average molecular weight is 962 g/mol. The van der Waals surface area contributed by atoms with E-state index < -0.39 is 5.41 Å². The molecular formula is C68H43N5S. The predicted octanol–water partition coefficient (Wildman–Crippen LogP) is 17.1. The van der Waals surface area contributed by atoms with Crippen LogP contribution in [0.25, 0.3) is 110 Å². The van der Waals surface area contributed by atoms with E-state index in [1.54, 1.807) is 11.3 Å². The third kappa shape index (κ3) is 7.26. The lowest BCUT2D eigenvalue weighted by molar-refractivity contribution is 0.768. The summed E-state index contributed by atoms with van der Waals surface area (Å²) in [7, 11) is 0. The van der Waals surface area contributed by atoms with Gasteiger partial charge in [0, 0.05) is 37.9 Å². The Balaban J connectivity index is 1.09. The van der Waals surface area contributed by atoms with Crippen LogP contribution in [0.1, 0.15) is 22.3 Å². The van der Waals surface area contributed by atoms with Gasteiger partial charge < -0.3 is 0 Å². The third-order valence-electron chi connectivity index (χ3n) is 14.5. The highest BCUT2D eigenvalue weighted by Crippen LogP contribution is 2.58. The van der Waals surface area contributed by atoms with Gasteiger partial charge in [0.1, 0.15) is 0 Å². The van der Waals surface area contributed by atoms with Gasteiger partial charge in [0.05, 0.1) is 21.3 Å². The first-order chi connectivity index (χ1) is 36.7. The van der Waals surface area contributed by atoms with Gasteiger partial charge in [-0.05, 0) is 79.9 Å². The van der Waals surface area contributed by atoms with Crippen LogP contribution in [0.15, 0.2) is 261 Å². The molecule has 0 N–H and O–H groups in total. The summed E-state index contributed by atoms with van der Waals surface area (Å²) in [6.07, 6.45) is 0. The number of thiophene rings is 1. The Labute approximate surface area is 432 Å². The number of nitrogens with zero attached hydrogens (tertiary/aromatic N) is 5. The highest BCUT2D eigenvalue weighted by molar-refractivity contribution is 7.26. The fourth-order valence-electron chi connectivity index (χ4n) is 11.0. The molecule has 13 aromatic rings. The van der Waals surface area contributed by atoms with E-state index in [-0.39, 0.29) is 0 Å². The van der Waals surface area contributed by atoms with Crippen molar-refractivity contribution in [3.8, 4) is 90.2 Å². The van der Waals surface area contributed by atoms with Crippen LogP contribution in [0.3, 0.4) is 0 Å². The molecule has 0 aliphatic heterocycles. The molecule has 1 aliphatic rings. The van der Waals surface area contributed by atoms with Gasteiger partial charge in [0.25, 0.3) is 0 Å². The molecule has 346 valence electrons. The molecule has 5 nitrogen and oxygen atoms in total. The van der Waals surface area contributed by atoms with E-state index in [9.17, 15) is 0 Å². The second-order valence-electron chi connectivity index (χ2n) is 18.7. The smallest absolute Gasteiger partial charge is 0.164 e. The topological polar surface area (TPSA) is 64.5 Å². The normalized spacial score (nSPS) is 12.4. The molecule has 0 saturated heterocycles. The number of benzene rings is 10. The van der Waals surface area contributed by atoms with Gasteiger partial charge in [-0.15, -0.1) is 11.3 Å². The van der Waals surface area contributed by atoms with Crippen LogP contribution < -0.4 is 0 Å². The van der Waals surface area contributed by atoms with E-state index in [2.05, 4.69) is 237 Å². The molecule has 6 heteroatoms. The fourth-order valence-corrected chi connectivity index (χ4v) is 12.2.